The molecule has 1 aromatic heterocycles. The Morgan fingerprint density at radius 1 is 1.20 bits per heavy atom. The van der Waals surface area contributed by atoms with E-state index in [-0.39, 0.29) is 16.2 Å². The molecule has 1 heterocycles. The number of rotatable bonds is 7. The van der Waals surface area contributed by atoms with Gasteiger partial charge in [-0.2, -0.15) is 0 Å². The Labute approximate surface area is 156 Å². The van der Waals surface area contributed by atoms with Crippen LogP contribution in [0.1, 0.15) is 10.4 Å². The molecule has 2 rings (SSSR count). The Balaban J connectivity index is 2.30. The monoisotopic (exact) mass is 399 g/mol. The number of nitrogens with zero attached hydrogens (tertiary/aromatic N) is 2. The summed E-state index contributed by atoms with van der Waals surface area (Å²) in [7, 11) is 0. The fourth-order valence-corrected chi connectivity index (χ4v) is 3.09. The van der Waals surface area contributed by atoms with Gasteiger partial charge in [-0.25, -0.2) is 19.6 Å². The fraction of sp³-hybridized carbons (Fsp3) is 0.0667. The number of hydrogen-bond donors (Lipinski definition) is 3. The maximum absolute atomic E-state index is 11.4. The van der Waals surface area contributed by atoms with Gasteiger partial charge in [-0.05, 0) is 5.56 Å². The number of thiazole rings is 1. The Hall–Kier alpha value is -2.42. The van der Waals surface area contributed by atoms with E-state index in [9.17, 15) is 19.8 Å². The second-order valence-electron chi connectivity index (χ2n) is 4.54. The molecule has 0 saturated carbocycles. The number of aromatic nitrogens is 1. The maximum atomic E-state index is 11.4. The molecule has 0 aliphatic rings. The van der Waals surface area contributed by atoms with E-state index in [4.69, 9.17) is 23.2 Å². The highest BCUT2D eigenvalue weighted by Gasteiger charge is 2.20. The highest BCUT2D eigenvalue weighted by Crippen LogP contribution is 2.26. The highest BCUT2D eigenvalue weighted by molar-refractivity contribution is 7.16. The van der Waals surface area contributed by atoms with Crippen LogP contribution in [0.5, 0.6) is 0 Å². The first-order valence-corrected chi connectivity index (χ1v) is 8.30. The van der Waals surface area contributed by atoms with E-state index in [0.29, 0.717) is 10.4 Å². The molecule has 7 nitrogen and oxygen atoms in total. The predicted molar refractivity (Wildman–Crippen MR) is 95.3 cm³/mol. The molecule has 3 N–H and O–H groups in total. The van der Waals surface area contributed by atoms with Crippen molar-refractivity contribution in [1.82, 2.24) is 10.3 Å². The van der Waals surface area contributed by atoms with Crippen LogP contribution in [0, 0.1) is 0 Å². The van der Waals surface area contributed by atoms with Crippen molar-refractivity contribution in [3.05, 3.63) is 61.8 Å². The minimum Gasteiger partial charge on any atom is -0.477 e. The average Bonchev–Trinajstić information content (AvgIpc) is 2.88. The second kappa shape index (κ2) is 8.61. The lowest BCUT2D eigenvalue weighted by molar-refractivity contribution is -0.136. The normalized spacial score (nSPS) is 12.1. The predicted octanol–water partition coefficient (Wildman–Crippen LogP) is 3.04. The number of carboxylic acids is 2. The molecule has 0 spiro atoms. The summed E-state index contributed by atoms with van der Waals surface area (Å²) >= 11 is 12.6. The van der Waals surface area contributed by atoms with Crippen molar-refractivity contribution in [2.24, 2.45) is 4.99 Å². The summed E-state index contributed by atoms with van der Waals surface area (Å²) in [5, 5.41) is 21.3. The molecule has 130 valence electrons. The van der Waals surface area contributed by atoms with Crippen LogP contribution in [0.25, 0.3) is 0 Å². The summed E-state index contributed by atoms with van der Waals surface area (Å²) in [6.45, 7) is -0.0531. The topological polar surface area (TPSA) is 112 Å². The van der Waals surface area contributed by atoms with Crippen molar-refractivity contribution in [2.45, 2.75) is 6.54 Å². The third-order valence-electron chi connectivity index (χ3n) is 2.84. The molecule has 0 radical (unpaired) electrons. The summed E-state index contributed by atoms with van der Waals surface area (Å²) in [6.07, 6.45) is 1.27. The van der Waals surface area contributed by atoms with Crippen LogP contribution in [0.15, 0.2) is 46.7 Å². The molecule has 0 aliphatic heterocycles. The molecule has 0 saturated heterocycles. The minimum atomic E-state index is -1.48. The molecule has 25 heavy (non-hydrogen) atoms. The lowest BCUT2D eigenvalue weighted by atomic mass is 10.2. The number of carboxylic acid groups (broad SMARTS) is 2. The van der Waals surface area contributed by atoms with Gasteiger partial charge in [0.05, 0.1) is 11.4 Å². The van der Waals surface area contributed by atoms with Crippen LogP contribution in [-0.2, 0) is 16.1 Å². The van der Waals surface area contributed by atoms with E-state index in [1.54, 1.807) is 30.3 Å². The summed E-state index contributed by atoms with van der Waals surface area (Å²) in [5.41, 5.74) is -0.577. The summed E-state index contributed by atoms with van der Waals surface area (Å²) in [4.78, 5) is 30.9. The smallest absolute Gasteiger partial charge is 0.356 e. The van der Waals surface area contributed by atoms with Gasteiger partial charge in [0.2, 0.25) is 0 Å². The quantitative estimate of drug-likeness (QED) is 0.487. The maximum Gasteiger partial charge on any atom is 0.356 e. The van der Waals surface area contributed by atoms with Gasteiger partial charge in [-0.3, -0.25) is 0 Å². The number of hydrogen-bond acceptors (Lipinski definition) is 6. The van der Waals surface area contributed by atoms with E-state index in [1.807, 2.05) is 0 Å². The van der Waals surface area contributed by atoms with Crippen LogP contribution in [0.3, 0.4) is 0 Å². The van der Waals surface area contributed by atoms with E-state index in [2.05, 4.69) is 15.3 Å². The highest BCUT2D eigenvalue weighted by atomic mass is 35.5. The van der Waals surface area contributed by atoms with E-state index < -0.39 is 23.3 Å². The summed E-state index contributed by atoms with van der Waals surface area (Å²) in [6, 6.07) is 8.69. The largest absolute Gasteiger partial charge is 0.477 e. The fourth-order valence-electron chi connectivity index (χ4n) is 1.75. The summed E-state index contributed by atoms with van der Waals surface area (Å²) < 4.78 is 0.197. The standard InChI is InChI=1S/C15H11Cl2N3O4S/c16-12-9(25-15(17)20-12)7-19-11(14(23)24)10(13(21)22)18-6-8-4-2-1-3-5-8/h1-6,19H,7H2,(H,21,22)(H,23,24)/b11-10+,18-6?. The number of aliphatic imine (C=N–C) groups is 1. The summed E-state index contributed by atoms with van der Waals surface area (Å²) in [5.74, 6) is -2.94. The molecular weight excluding hydrogens is 389 g/mol. The van der Waals surface area contributed by atoms with Crippen molar-refractivity contribution in [1.29, 1.82) is 0 Å². The Morgan fingerprint density at radius 2 is 1.88 bits per heavy atom. The van der Waals surface area contributed by atoms with Gasteiger partial charge >= 0.3 is 11.9 Å². The molecule has 0 atom stereocenters. The molecule has 10 heteroatoms. The van der Waals surface area contributed by atoms with E-state index in [0.717, 1.165) is 11.3 Å². The van der Waals surface area contributed by atoms with Gasteiger partial charge in [0.25, 0.3) is 0 Å². The van der Waals surface area contributed by atoms with Crippen molar-refractivity contribution >= 4 is 52.7 Å². The van der Waals surface area contributed by atoms with Crippen LogP contribution in [0.4, 0.5) is 0 Å². The zero-order valence-electron chi connectivity index (χ0n) is 12.4. The van der Waals surface area contributed by atoms with Crippen LogP contribution in [0.2, 0.25) is 9.62 Å². The van der Waals surface area contributed by atoms with Crippen molar-refractivity contribution < 1.29 is 19.8 Å². The number of halogens is 2. The molecular formula is C15H11Cl2N3O4S. The number of nitrogens with one attached hydrogen (secondary N) is 1. The van der Waals surface area contributed by atoms with Crippen LogP contribution < -0.4 is 5.32 Å². The molecule has 0 amide bonds. The zero-order chi connectivity index (χ0) is 18.4. The third kappa shape index (κ3) is 5.28. The first-order chi connectivity index (χ1) is 11.9. The van der Waals surface area contributed by atoms with Gasteiger partial charge in [0.15, 0.2) is 15.9 Å². The molecule has 0 bridgehead atoms. The van der Waals surface area contributed by atoms with Crippen molar-refractivity contribution in [2.75, 3.05) is 0 Å². The van der Waals surface area contributed by atoms with Crippen LogP contribution >= 0.6 is 34.5 Å². The average molecular weight is 400 g/mol. The van der Waals surface area contributed by atoms with Gasteiger partial charge in [0.1, 0.15) is 5.15 Å². The molecule has 1 aromatic carbocycles. The van der Waals surface area contributed by atoms with Gasteiger partial charge < -0.3 is 15.5 Å². The Morgan fingerprint density at radius 3 is 2.40 bits per heavy atom. The number of aliphatic carboxylic acids is 2. The van der Waals surface area contributed by atoms with Crippen molar-refractivity contribution in [3.8, 4) is 0 Å². The second-order valence-corrected chi connectivity index (χ2v) is 6.56. The van der Waals surface area contributed by atoms with Gasteiger partial charge in [-0.1, -0.05) is 53.5 Å². The van der Waals surface area contributed by atoms with Crippen LogP contribution in [-0.4, -0.2) is 33.4 Å². The lowest BCUT2D eigenvalue weighted by Crippen LogP contribution is -2.24. The first kappa shape index (κ1) is 18.9. The van der Waals surface area contributed by atoms with Crippen molar-refractivity contribution in [3.63, 3.8) is 0 Å². The Kier molecular flexibility index (Phi) is 6.51. The Bertz CT molecular complexity index is 850. The zero-order valence-corrected chi connectivity index (χ0v) is 14.8. The van der Waals surface area contributed by atoms with E-state index in [1.165, 1.54) is 6.21 Å². The number of benzene rings is 1. The van der Waals surface area contributed by atoms with E-state index >= 15 is 0 Å². The molecule has 2 aromatic rings. The molecule has 0 fully saturated rings. The molecule has 0 unspecified atom stereocenters. The lowest BCUT2D eigenvalue weighted by Gasteiger charge is -2.08. The third-order valence-corrected chi connectivity index (χ3v) is 4.43. The first-order valence-electron chi connectivity index (χ1n) is 6.73. The number of carbonyl (C=O) groups is 2. The SMILES string of the molecule is O=C(O)/C(N=Cc1ccccc1)=C(\NCc1sc(Cl)nc1Cl)C(=O)O. The van der Waals surface area contributed by atoms with Gasteiger partial charge in [0, 0.05) is 6.21 Å². The molecule has 0 aliphatic carbocycles. The van der Waals surface area contributed by atoms with Gasteiger partial charge in [-0.15, -0.1) is 11.3 Å². The minimum absolute atomic E-state index is 0.0531.